The average Bonchev–Trinajstić information content (AvgIpc) is 2.75. The molecule has 2 heterocycles. The first-order valence-electron chi connectivity index (χ1n) is 9.90. The molecule has 1 unspecified atom stereocenters. The van der Waals surface area contributed by atoms with Gasteiger partial charge in [0.2, 0.25) is 5.95 Å². The van der Waals surface area contributed by atoms with Crippen molar-refractivity contribution in [3.05, 3.63) is 72.6 Å². The Morgan fingerprint density at radius 3 is 2.59 bits per heavy atom. The van der Waals surface area contributed by atoms with Gasteiger partial charge in [0.05, 0.1) is 0 Å². The fraction of sp³-hybridized carbons (Fsp3) is 0.261. The van der Waals surface area contributed by atoms with Gasteiger partial charge >= 0.3 is 0 Å². The van der Waals surface area contributed by atoms with E-state index in [-0.39, 0.29) is 5.91 Å². The molecule has 1 aliphatic rings. The third-order valence-corrected chi connectivity index (χ3v) is 4.91. The fourth-order valence-corrected chi connectivity index (χ4v) is 3.43. The third kappa shape index (κ3) is 4.90. The van der Waals surface area contributed by atoms with Crippen LogP contribution in [-0.2, 0) is 0 Å². The molecule has 1 aliphatic heterocycles. The highest BCUT2D eigenvalue weighted by molar-refractivity contribution is 5.92. The molecule has 0 saturated carbocycles. The van der Waals surface area contributed by atoms with Crippen LogP contribution in [-0.4, -0.2) is 33.9 Å². The van der Waals surface area contributed by atoms with Crippen molar-refractivity contribution in [3.8, 4) is 11.5 Å². The number of nitrogens with one attached hydrogen (secondary N) is 1. The van der Waals surface area contributed by atoms with Gasteiger partial charge in [-0.2, -0.15) is 0 Å². The number of ether oxygens (including phenoxy) is 1. The highest BCUT2D eigenvalue weighted by atomic mass is 16.5. The van der Waals surface area contributed by atoms with Gasteiger partial charge in [0, 0.05) is 25.0 Å². The molecule has 3 aromatic rings. The standard InChI is InChI=1S/C23H24N4O2/c1-17-6-5-15-27(16-17)22(28)21-13-14-24-23(26-21)25-18-9-11-20(12-10-18)29-19-7-3-2-4-8-19/h2-4,7-14,17H,5-6,15-16H2,1H3,(H,24,25,26). The van der Waals surface area contributed by atoms with Crippen molar-refractivity contribution < 1.29 is 9.53 Å². The van der Waals surface area contributed by atoms with E-state index in [0.29, 0.717) is 17.6 Å². The zero-order valence-corrected chi connectivity index (χ0v) is 16.4. The second-order valence-electron chi connectivity index (χ2n) is 7.33. The number of carbonyl (C=O) groups excluding carboxylic acids is 1. The molecule has 6 nitrogen and oxygen atoms in total. The predicted octanol–water partition coefficient (Wildman–Crippen LogP) is 4.88. The summed E-state index contributed by atoms with van der Waals surface area (Å²) in [6.45, 7) is 3.75. The highest BCUT2D eigenvalue weighted by Crippen LogP contribution is 2.24. The Kier molecular flexibility index (Phi) is 5.70. The number of aromatic nitrogens is 2. The highest BCUT2D eigenvalue weighted by Gasteiger charge is 2.23. The van der Waals surface area contributed by atoms with Gasteiger partial charge < -0.3 is 15.0 Å². The molecule has 1 aromatic heterocycles. The van der Waals surface area contributed by atoms with Crippen LogP contribution in [0.5, 0.6) is 11.5 Å². The Morgan fingerprint density at radius 1 is 1.07 bits per heavy atom. The summed E-state index contributed by atoms with van der Waals surface area (Å²) in [7, 11) is 0. The van der Waals surface area contributed by atoms with Crippen molar-refractivity contribution in [2.75, 3.05) is 18.4 Å². The first-order valence-corrected chi connectivity index (χ1v) is 9.90. The van der Waals surface area contributed by atoms with E-state index >= 15 is 0 Å². The predicted molar refractivity (Wildman–Crippen MR) is 113 cm³/mol. The second kappa shape index (κ2) is 8.73. The smallest absolute Gasteiger partial charge is 0.272 e. The minimum absolute atomic E-state index is 0.0337. The number of piperidine rings is 1. The number of carbonyl (C=O) groups is 1. The summed E-state index contributed by atoms with van der Waals surface area (Å²) in [5.41, 5.74) is 1.24. The summed E-state index contributed by atoms with van der Waals surface area (Å²) >= 11 is 0. The van der Waals surface area contributed by atoms with Crippen LogP contribution in [0.2, 0.25) is 0 Å². The van der Waals surface area contributed by atoms with Gasteiger partial charge in [-0.3, -0.25) is 4.79 Å². The molecule has 0 aliphatic carbocycles. The Labute approximate surface area is 170 Å². The maximum atomic E-state index is 12.8. The maximum Gasteiger partial charge on any atom is 0.272 e. The van der Waals surface area contributed by atoms with Crippen molar-refractivity contribution in [1.29, 1.82) is 0 Å². The van der Waals surface area contributed by atoms with E-state index in [2.05, 4.69) is 22.2 Å². The van der Waals surface area contributed by atoms with Crippen molar-refractivity contribution >= 4 is 17.5 Å². The van der Waals surface area contributed by atoms with E-state index in [1.807, 2.05) is 59.5 Å². The molecule has 1 fully saturated rings. The van der Waals surface area contributed by atoms with Crippen molar-refractivity contribution in [2.45, 2.75) is 19.8 Å². The van der Waals surface area contributed by atoms with Gasteiger partial charge in [-0.1, -0.05) is 25.1 Å². The Morgan fingerprint density at radius 2 is 1.83 bits per heavy atom. The molecule has 1 saturated heterocycles. The molecule has 0 radical (unpaired) electrons. The molecule has 2 aromatic carbocycles. The Balaban J connectivity index is 1.42. The summed E-state index contributed by atoms with van der Waals surface area (Å²) in [5.74, 6) is 2.43. The van der Waals surface area contributed by atoms with Crippen LogP contribution in [0.3, 0.4) is 0 Å². The van der Waals surface area contributed by atoms with E-state index in [4.69, 9.17) is 4.74 Å². The normalized spacial score (nSPS) is 16.3. The van der Waals surface area contributed by atoms with Crippen LogP contribution >= 0.6 is 0 Å². The van der Waals surface area contributed by atoms with Gasteiger partial charge in [-0.25, -0.2) is 9.97 Å². The average molecular weight is 388 g/mol. The summed E-state index contributed by atoms with van der Waals surface area (Å²) < 4.78 is 5.80. The first kappa shape index (κ1) is 18.9. The van der Waals surface area contributed by atoms with E-state index in [9.17, 15) is 4.79 Å². The van der Waals surface area contributed by atoms with Crippen molar-refractivity contribution in [3.63, 3.8) is 0 Å². The topological polar surface area (TPSA) is 67.4 Å². The van der Waals surface area contributed by atoms with Crippen molar-refractivity contribution in [1.82, 2.24) is 14.9 Å². The summed E-state index contributed by atoms with van der Waals surface area (Å²) in [6, 6.07) is 18.8. The van der Waals surface area contributed by atoms with Gasteiger partial charge in [0.1, 0.15) is 17.2 Å². The molecule has 0 spiro atoms. The number of likely N-dealkylation sites (tertiary alicyclic amines) is 1. The lowest BCUT2D eigenvalue weighted by molar-refractivity contribution is 0.0677. The molecule has 29 heavy (non-hydrogen) atoms. The van der Waals surface area contributed by atoms with Crippen LogP contribution in [0.15, 0.2) is 66.9 Å². The molecule has 148 valence electrons. The molecule has 1 N–H and O–H groups in total. The number of anilines is 2. The van der Waals surface area contributed by atoms with E-state index in [0.717, 1.165) is 36.7 Å². The fourth-order valence-electron chi connectivity index (χ4n) is 3.43. The number of para-hydroxylation sites is 1. The number of hydrogen-bond donors (Lipinski definition) is 1. The minimum atomic E-state index is -0.0337. The Bertz CT molecular complexity index is 960. The molecular formula is C23H24N4O2. The van der Waals surface area contributed by atoms with Crippen LogP contribution in [0.4, 0.5) is 11.6 Å². The van der Waals surface area contributed by atoms with Crippen LogP contribution < -0.4 is 10.1 Å². The molecule has 1 amide bonds. The lowest BCUT2D eigenvalue weighted by Crippen LogP contribution is -2.39. The van der Waals surface area contributed by atoms with Crippen molar-refractivity contribution in [2.24, 2.45) is 5.92 Å². The SMILES string of the molecule is CC1CCCN(C(=O)c2ccnc(Nc3ccc(Oc4ccccc4)cc3)n2)C1. The summed E-state index contributed by atoms with van der Waals surface area (Å²) in [4.78, 5) is 23.3. The monoisotopic (exact) mass is 388 g/mol. The number of amides is 1. The van der Waals surface area contributed by atoms with Gasteiger partial charge in [0.15, 0.2) is 0 Å². The summed E-state index contributed by atoms with van der Waals surface area (Å²) in [6.07, 6.45) is 3.83. The summed E-state index contributed by atoms with van der Waals surface area (Å²) in [5, 5.41) is 3.15. The zero-order chi connectivity index (χ0) is 20.1. The Hall–Kier alpha value is -3.41. The molecule has 4 rings (SSSR count). The first-order chi connectivity index (χ1) is 14.2. The molecule has 1 atom stereocenters. The number of rotatable bonds is 5. The van der Waals surface area contributed by atoms with E-state index in [1.165, 1.54) is 6.42 Å². The molecule has 6 heteroatoms. The van der Waals surface area contributed by atoms with Gasteiger partial charge in [-0.15, -0.1) is 0 Å². The van der Waals surface area contributed by atoms with Gasteiger partial charge in [-0.05, 0) is 61.2 Å². The zero-order valence-electron chi connectivity index (χ0n) is 16.4. The molecule has 0 bridgehead atoms. The number of hydrogen-bond acceptors (Lipinski definition) is 5. The van der Waals surface area contributed by atoms with Crippen LogP contribution in [0, 0.1) is 5.92 Å². The number of benzene rings is 2. The number of nitrogens with zero attached hydrogens (tertiary/aromatic N) is 3. The van der Waals surface area contributed by atoms with Crippen LogP contribution in [0.25, 0.3) is 0 Å². The lowest BCUT2D eigenvalue weighted by atomic mass is 10.00. The van der Waals surface area contributed by atoms with Crippen LogP contribution in [0.1, 0.15) is 30.3 Å². The van der Waals surface area contributed by atoms with E-state index < -0.39 is 0 Å². The molecular weight excluding hydrogens is 364 g/mol. The van der Waals surface area contributed by atoms with Gasteiger partial charge in [0.25, 0.3) is 5.91 Å². The largest absolute Gasteiger partial charge is 0.457 e. The second-order valence-corrected chi connectivity index (χ2v) is 7.33. The van der Waals surface area contributed by atoms with E-state index in [1.54, 1.807) is 12.3 Å². The quantitative estimate of drug-likeness (QED) is 0.674. The third-order valence-electron chi connectivity index (χ3n) is 4.91. The minimum Gasteiger partial charge on any atom is -0.457 e. The maximum absolute atomic E-state index is 12.8. The lowest BCUT2D eigenvalue weighted by Gasteiger charge is -2.30.